The Labute approximate surface area is 161 Å². The van der Waals surface area contributed by atoms with Gasteiger partial charge in [-0.1, -0.05) is 44.1 Å². The number of nitrogens with one attached hydrogen (secondary N) is 1. The molecular weight excluding hydrogens is 347 g/mol. The second kappa shape index (κ2) is 7.57. The number of halogens is 1. The molecular formula is C20H21FN4O2. The summed E-state index contributed by atoms with van der Waals surface area (Å²) in [5, 5.41) is 6.66. The highest BCUT2D eigenvalue weighted by Crippen LogP contribution is 2.20. The summed E-state index contributed by atoms with van der Waals surface area (Å²) in [4.78, 5) is 24.6. The van der Waals surface area contributed by atoms with Crippen molar-refractivity contribution in [3.8, 4) is 0 Å². The van der Waals surface area contributed by atoms with Gasteiger partial charge in [-0.05, 0) is 29.7 Å². The molecule has 0 unspecified atom stereocenters. The van der Waals surface area contributed by atoms with Gasteiger partial charge in [-0.15, -0.1) is 0 Å². The topological polar surface area (TPSA) is 90.0 Å². The Hall–Kier alpha value is -3.22. The summed E-state index contributed by atoms with van der Waals surface area (Å²) in [7, 11) is 0. The normalized spacial score (nSPS) is 14.4. The molecule has 0 spiro atoms. The van der Waals surface area contributed by atoms with E-state index in [-0.39, 0.29) is 35.1 Å². The molecule has 0 radical (unpaired) electrons. The van der Waals surface area contributed by atoms with E-state index in [1.807, 2.05) is 0 Å². The van der Waals surface area contributed by atoms with Crippen LogP contribution in [-0.2, 0) is 11.3 Å². The summed E-state index contributed by atoms with van der Waals surface area (Å²) in [6.07, 6.45) is 0. The van der Waals surface area contributed by atoms with E-state index >= 15 is 0 Å². The summed E-state index contributed by atoms with van der Waals surface area (Å²) in [6.45, 7) is 3.44. The lowest BCUT2D eigenvalue weighted by Gasteiger charge is -2.18. The van der Waals surface area contributed by atoms with E-state index in [0.29, 0.717) is 5.56 Å². The van der Waals surface area contributed by atoms with E-state index in [4.69, 9.17) is 11.2 Å². The second-order valence-electron chi connectivity index (χ2n) is 6.45. The molecule has 2 amide bonds. The number of hydrogen-bond acceptors (Lipinski definition) is 3. The lowest BCUT2D eigenvalue weighted by Crippen LogP contribution is -2.47. The van der Waals surface area contributed by atoms with Crippen molar-refractivity contribution in [3.63, 3.8) is 0 Å². The second-order valence-corrected chi connectivity index (χ2v) is 6.45. The van der Waals surface area contributed by atoms with Gasteiger partial charge >= 0.3 is 0 Å². The molecule has 27 heavy (non-hydrogen) atoms. The summed E-state index contributed by atoms with van der Waals surface area (Å²) in [5.41, 5.74) is 5.75. The van der Waals surface area contributed by atoms with E-state index in [1.54, 1.807) is 13.8 Å². The quantitative estimate of drug-likeness (QED) is 0.696. The maximum absolute atomic E-state index is 13.2. The third kappa shape index (κ3) is 3.97. The highest BCUT2D eigenvalue weighted by molar-refractivity contribution is 6.06. The molecule has 3 N–H and O–H groups in total. The molecule has 0 saturated carbocycles. The molecule has 0 aliphatic carbocycles. The first kappa shape index (κ1) is 13.9. The van der Waals surface area contributed by atoms with E-state index in [1.165, 1.54) is 28.9 Å². The molecule has 6 nitrogen and oxygen atoms in total. The van der Waals surface area contributed by atoms with Crippen LogP contribution in [0.25, 0.3) is 10.9 Å². The molecule has 1 heterocycles. The Kier molecular flexibility index (Phi) is 3.90. The first-order chi connectivity index (χ1) is 14.5. The van der Waals surface area contributed by atoms with Gasteiger partial charge < -0.3 is 11.1 Å². The van der Waals surface area contributed by atoms with Gasteiger partial charge in [0.05, 0.1) is 17.5 Å². The first-order valence-corrected chi connectivity index (χ1v) is 8.34. The molecule has 7 heteroatoms. The van der Waals surface area contributed by atoms with Crippen LogP contribution in [0, 0.1) is 11.7 Å². The number of nitrogens with two attached hydrogens (primary N) is 1. The predicted octanol–water partition coefficient (Wildman–Crippen LogP) is 2.46. The van der Waals surface area contributed by atoms with Crippen LogP contribution in [0.5, 0.6) is 0 Å². The zero-order chi connectivity index (χ0) is 23.0. The maximum Gasteiger partial charge on any atom is 0.273 e. The van der Waals surface area contributed by atoms with Crippen molar-refractivity contribution in [1.29, 1.82) is 0 Å². The number of carbonyl (C=O) groups is 2. The zero-order valence-corrected chi connectivity index (χ0v) is 14.8. The van der Waals surface area contributed by atoms with Crippen LogP contribution in [0.15, 0.2) is 48.4 Å². The third-order valence-corrected chi connectivity index (χ3v) is 4.10. The van der Waals surface area contributed by atoms with Gasteiger partial charge in [0, 0.05) is 5.39 Å². The average molecular weight is 372 g/mol. The lowest BCUT2D eigenvalue weighted by molar-refractivity contribution is -0.120. The van der Waals surface area contributed by atoms with E-state index < -0.39 is 41.8 Å². The highest BCUT2D eigenvalue weighted by Gasteiger charge is 2.25. The molecule has 3 aromatic rings. The van der Waals surface area contributed by atoms with Gasteiger partial charge in [0.2, 0.25) is 5.91 Å². The SMILES string of the molecule is [2H]c1c([2H])c([2H])c2c(c(C(=O)N[C@H](C(N)=O)C(C)C)nn2Cc2ccc(F)cc2)c1[2H]. The van der Waals surface area contributed by atoms with E-state index in [9.17, 15) is 14.0 Å². The molecule has 0 bridgehead atoms. The van der Waals surface area contributed by atoms with Crippen molar-refractivity contribution in [2.45, 2.75) is 26.4 Å². The van der Waals surface area contributed by atoms with Crippen LogP contribution in [-0.4, -0.2) is 27.6 Å². The Morgan fingerprint density at radius 3 is 2.56 bits per heavy atom. The predicted molar refractivity (Wildman–Crippen MR) is 101 cm³/mol. The van der Waals surface area contributed by atoms with Crippen LogP contribution in [0.3, 0.4) is 0 Å². The lowest BCUT2D eigenvalue weighted by atomic mass is 10.0. The van der Waals surface area contributed by atoms with E-state index in [0.717, 1.165) is 0 Å². The Morgan fingerprint density at radius 1 is 1.26 bits per heavy atom. The van der Waals surface area contributed by atoms with Gasteiger partial charge in [-0.25, -0.2) is 4.39 Å². The number of hydrogen-bond donors (Lipinski definition) is 2. The number of amides is 2. The molecule has 1 aromatic heterocycles. The molecule has 0 saturated heterocycles. The van der Waals surface area contributed by atoms with E-state index in [2.05, 4.69) is 10.4 Å². The Morgan fingerprint density at radius 2 is 1.93 bits per heavy atom. The summed E-state index contributed by atoms with van der Waals surface area (Å²) < 4.78 is 47.0. The number of carbonyl (C=O) groups excluding carboxylic acids is 2. The number of benzene rings is 2. The zero-order valence-electron chi connectivity index (χ0n) is 18.8. The number of fused-ring (bicyclic) bond motifs is 1. The van der Waals surface area contributed by atoms with Crippen molar-refractivity contribution < 1.29 is 19.5 Å². The van der Waals surface area contributed by atoms with Gasteiger partial charge in [0.25, 0.3) is 5.91 Å². The fourth-order valence-corrected chi connectivity index (χ4v) is 2.70. The van der Waals surface area contributed by atoms with Gasteiger partial charge in [0.15, 0.2) is 5.69 Å². The van der Waals surface area contributed by atoms with Crippen LogP contribution in [0.1, 0.15) is 35.4 Å². The molecule has 0 aliphatic rings. The number of aromatic nitrogens is 2. The number of nitrogens with zero attached hydrogens (tertiary/aromatic N) is 2. The number of para-hydroxylation sites is 1. The minimum atomic E-state index is -0.986. The third-order valence-electron chi connectivity index (χ3n) is 4.10. The highest BCUT2D eigenvalue weighted by atomic mass is 19.1. The van der Waals surface area contributed by atoms with Crippen LogP contribution in [0.2, 0.25) is 0 Å². The first-order valence-electron chi connectivity index (χ1n) is 10.3. The molecule has 3 rings (SSSR count). The standard InChI is InChI=1S/C20H21FN4O2/c1-12(2)17(19(22)26)23-20(27)18-15-5-3-4-6-16(15)25(24-18)11-13-7-9-14(21)10-8-13/h3-10,12,17H,11H2,1-2H3,(H2,22,26)(H,23,27)/t17-/m0/s1/i3D,4D,5D,6D. The van der Waals surface area contributed by atoms with Crippen molar-refractivity contribution >= 4 is 22.7 Å². The van der Waals surface area contributed by atoms with Crippen LogP contribution >= 0.6 is 0 Å². The maximum atomic E-state index is 13.2. The summed E-state index contributed by atoms with van der Waals surface area (Å²) in [5.74, 6) is -2.25. The average Bonchev–Trinajstić information content (AvgIpc) is 3.09. The van der Waals surface area contributed by atoms with Gasteiger partial charge in [-0.3, -0.25) is 14.3 Å². The smallest absolute Gasteiger partial charge is 0.273 e. The molecule has 0 fully saturated rings. The van der Waals surface area contributed by atoms with Crippen LogP contribution < -0.4 is 11.1 Å². The van der Waals surface area contributed by atoms with Crippen molar-refractivity contribution in [2.75, 3.05) is 0 Å². The minimum absolute atomic E-state index is 0.0284. The molecule has 1 atom stereocenters. The van der Waals surface area contributed by atoms with Crippen molar-refractivity contribution in [2.24, 2.45) is 11.7 Å². The summed E-state index contributed by atoms with van der Waals surface area (Å²) in [6, 6.07) is 2.78. The van der Waals surface area contributed by atoms with Crippen molar-refractivity contribution in [3.05, 3.63) is 65.5 Å². The molecule has 140 valence electrons. The monoisotopic (exact) mass is 372 g/mol. The van der Waals surface area contributed by atoms with Gasteiger partial charge in [0.1, 0.15) is 11.9 Å². The fraction of sp³-hybridized carbons (Fsp3) is 0.250. The van der Waals surface area contributed by atoms with Gasteiger partial charge in [-0.2, -0.15) is 5.10 Å². The fourth-order valence-electron chi connectivity index (χ4n) is 2.70. The molecule has 0 aliphatic heterocycles. The number of rotatable bonds is 6. The minimum Gasteiger partial charge on any atom is -0.368 e. The van der Waals surface area contributed by atoms with Crippen LogP contribution in [0.4, 0.5) is 4.39 Å². The Bertz CT molecular complexity index is 1180. The number of primary amides is 1. The van der Waals surface area contributed by atoms with Crippen molar-refractivity contribution in [1.82, 2.24) is 15.1 Å². The largest absolute Gasteiger partial charge is 0.368 e. The summed E-state index contributed by atoms with van der Waals surface area (Å²) >= 11 is 0. The molecule has 2 aromatic carbocycles. The Balaban J connectivity index is 2.18.